The van der Waals surface area contributed by atoms with Crippen LogP contribution in [0.15, 0.2) is 22.8 Å². The van der Waals surface area contributed by atoms with Gasteiger partial charge < -0.3 is 9.73 Å². The van der Waals surface area contributed by atoms with E-state index in [9.17, 15) is 0 Å². The summed E-state index contributed by atoms with van der Waals surface area (Å²) in [6, 6.07) is 3.94. The van der Waals surface area contributed by atoms with E-state index in [4.69, 9.17) is 14.4 Å². The lowest BCUT2D eigenvalue weighted by atomic mass is 10.2. The van der Waals surface area contributed by atoms with Crippen molar-refractivity contribution in [2.24, 2.45) is 0 Å². The molecule has 0 spiro atoms. The van der Waals surface area contributed by atoms with Gasteiger partial charge in [0.05, 0.1) is 11.6 Å². The predicted molar refractivity (Wildman–Crippen MR) is 89.7 cm³/mol. The maximum atomic E-state index is 5.39. The van der Waals surface area contributed by atoms with E-state index in [2.05, 4.69) is 12.2 Å². The van der Waals surface area contributed by atoms with Crippen LogP contribution in [0.3, 0.4) is 0 Å². The summed E-state index contributed by atoms with van der Waals surface area (Å²) in [5, 5.41) is 4.77. The van der Waals surface area contributed by atoms with Crippen molar-refractivity contribution >= 4 is 27.4 Å². The molecule has 3 aromatic rings. The summed E-state index contributed by atoms with van der Waals surface area (Å²) in [7, 11) is 0. The number of aryl methyl sites for hydroxylation is 3. The standard InChI is InChI=1S/C17H19N3OS/c1-2-14-19-16(18-9-8-11-5-4-10-21-11)15-12-6-3-7-13(12)22-17(15)20-14/h4-5,10H,2-3,6-9H2,1H3,(H,18,19,20). The Hall–Kier alpha value is -1.88. The van der Waals surface area contributed by atoms with Gasteiger partial charge in [0, 0.05) is 24.3 Å². The summed E-state index contributed by atoms with van der Waals surface area (Å²) in [6.45, 7) is 2.93. The second-order valence-electron chi connectivity index (χ2n) is 5.64. The molecule has 114 valence electrons. The zero-order valence-corrected chi connectivity index (χ0v) is 13.5. The molecule has 0 bridgehead atoms. The molecule has 1 aliphatic carbocycles. The first-order valence-corrected chi connectivity index (χ1v) is 8.74. The van der Waals surface area contributed by atoms with Crippen LogP contribution in [0, 0.1) is 0 Å². The van der Waals surface area contributed by atoms with Crippen LogP contribution >= 0.6 is 11.3 Å². The van der Waals surface area contributed by atoms with E-state index in [1.54, 1.807) is 6.26 Å². The third kappa shape index (κ3) is 2.39. The van der Waals surface area contributed by atoms with E-state index in [1.165, 1.54) is 28.7 Å². The van der Waals surface area contributed by atoms with Gasteiger partial charge in [-0.15, -0.1) is 11.3 Å². The number of anilines is 1. The summed E-state index contributed by atoms with van der Waals surface area (Å²) >= 11 is 1.85. The van der Waals surface area contributed by atoms with Crippen LogP contribution in [-0.2, 0) is 25.7 Å². The molecule has 3 aromatic heterocycles. The first-order valence-electron chi connectivity index (χ1n) is 7.92. The second-order valence-corrected chi connectivity index (χ2v) is 6.72. The van der Waals surface area contributed by atoms with E-state index < -0.39 is 0 Å². The van der Waals surface area contributed by atoms with Crippen LogP contribution in [0.25, 0.3) is 10.2 Å². The fourth-order valence-corrected chi connectivity index (χ4v) is 4.37. The van der Waals surface area contributed by atoms with Crippen molar-refractivity contribution in [3.05, 3.63) is 40.4 Å². The van der Waals surface area contributed by atoms with E-state index >= 15 is 0 Å². The van der Waals surface area contributed by atoms with Crippen molar-refractivity contribution in [1.29, 1.82) is 0 Å². The van der Waals surface area contributed by atoms with Crippen LogP contribution in [0.2, 0.25) is 0 Å². The molecule has 0 aromatic carbocycles. The van der Waals surface area contributed by atoms with Gasteiger partial charge in [-0.3, -0.25) is 0 Å². The molecule has 0 atom stereocenters. The molecular weight excluding hydrogens is 294 g/mol. The van der Waals surface area contributed by atoms with Crippen molar-refractivity contribution in [2.45, 2.75) is 39.0 Å². The molecule has 0 aliphatic heterocycles. The average Bonchev–Trinajstić information content (AvgIpc) is 3.22. The van der Waals surface area contributed by atoms with E-state index in [0.717, 1.165) is 48.0 Å². The highest BCUT2D eigenvalue weighted by Gasteiger charge is 2.22. The molecule has 0 fully saturated rings. The molecule has 1 N–H and O–H groups in total. The minimum atomic E-state index is 0.827. The Balaban J connectivity index is 1.65. The van der Waals surface area contributed by atoms with Crippen LogP contribution in [-0.4, -0.2) is 16.5 Å². The molecule has 5 heteroatoms. The number of aromatic nitrogens is 2. The lowest BCUT2D eigenvalue weighted by Crippen LogP contribution is -2.08. The molecule has 22 heavy (non-hydrogen) atoms. The fraction of sp³-hybridized carbons (Fsp3) is 0.412. The zero-order valence-electron chi connectivity index (χ0n) is 12.7. The van der Waals surface area contributed by atoms with Gasteiger partial charge in [-0.05, 0) is 37.0 Å². The normalized spacial score (nSPS) is 13.7. The number of nitrogens with zero attached hydrogens (tertiary/aromatic N) is 2. The third-order valence-electron chi connectivity index (χ3n) is 4.17. The maximum Gasteiger partial charge on any atom is 0.138 e. The minimum absolute atomic E-state index is 0.827. The van der Waals surface area contributed by atoms with Crippen LogP contribution in [0.4, 0.5) is 5.82 Å². The Morgan fingerprint density at radius 1 is 1.32 bits per heavy atom. The summed E-state index contributed by atoms with van der Waals surface area (Å²) < 4.78 is 5.39. The number of fused-ring (bicyclic) bond motifs is 3. The molecule has 0 radical (unpaired) electrons. The number of rotatable bonds is 5. The summed E-state index contributed by atoms with van der Waals surface area (Å²) in [5.41, 5.74) is 1.48. The monoisotopic (exact) mass is 313 g/mol. The van der Waals surface area contributed by atoms with Gasteiger partial charge in [-0.1, -0.05) is 6.92 Å². The highest BCUT2D eigenvalue weighted by Crippen LogP contribution is 2.39. The predicted octanol–water partition coefficient (Wildman–Crippen LogP) is 3.99. The Bertz CT molecular complexity index is 792. The molecular formula is C17H19N3OS. The molecule has 4 rings (SSSR count). The quantitative estimate of drug-likeness (QED) is 0.774. The van der Waals surface area contributed by atoms with Crippen LogP contribution < -0.4 is 5.32 Å². The smallest absolute Gasteiger partial charge is 0.138 e. The highest BCUT2D eigenvalue weighted by atomic mass is 32.1. The topological polar surface area (TPSA) is 51.0 Å². The molecule has 0 saturated heterocycles. The van der Waals surface area contributed by atoms with E-state index in [0.29, 0.717) is 0 Å². The van der Waals surface area contributed by atoms with Crippen LogP contribution in [0.5, 0.6) is 0 Å². The van der Waals surface area contributed by atoms with Crippen molar-refractivity contribution < 1.29 is 4.42 Å². The number of thiophene rings is 1. The van der Waals surface area contributed by atoms with Gasteiger partial charge >= 0.3 is 0 Å². The van der Waals surface area contributed by atoms with Gasteiger partial charge in [-0.25, -0.2) is 9.97 Å². The van der Waals surface area contributed by atoms with Crippen molar-refractivity contribution in [2.75, 3.05) is 11.9 Å². The van der Waals surface area contributed by atoms with Crippen molar-refractivity contribution in [3.8, 4) is 0 Å². The lowest BCUT2D eigenvalue weighted by molar-refractivity contribution is 0.513. The summed E-state index contributed by atoms with van der Waals surface area (Å²) in [6.07, 6.45) is 7.08. The van der Waals surface area contributed by atoms with Crippen molar-refractivity contribution in [3.63, 3.8) is 0 Å². The van der Waals surface area contributed by atoms with Gasteiger partial charge in [0.2, 0.25) is 0 Å². The largest absolute Gasteiger partial charge is 0.469 e. The molecule has 0 saturated carbocycles. The molecule has 0 amide bonds. The minimum Gasteiger partial charge on any atom is -0.469 e. The van der Waals surface area contributed by atoms with Gasteiger partial charge in [0.15, 0.2) is 0 Å². The first kappa shape index (κ1) is 13.8. The van der Waals surface area contributed by atoms with E-state index in [-0.39, 0.29) is 0 Å². The number of hydrogen-bond donors (Lipinski definition) is 1. The molecule has 1 aliphatic rings. The van der Waals surface area contributed by atoms with Gasteiger partial charge in [0.25, 0.3) is 0 Å². The SMILES string of the molecule is CCc1nc(NCCc2ccco2)c2c3c(sc2n1)CCC3. The first-order chi connectivity index (χ1) is 10.8. The number of hydrogen-bond acceptors (Lipinski definition) is 5. The Kier molecular flexibility index (Phi) is 3.58. The second kappa shape index (κ2) is 5.72. The van der Waals surface area contributed by atoms with Gasteiger partial charge in [0.1, 0.15) is 22.2 Å². The lowest BCUT2D eigenvalue weighted by Gasteiger charge is -2.09. The average molecular weight is 313 g/mol. The summed E-state index contributed by atoms with van der Waals surface area (Å²) in [4.78, 5) is 12.1. The zero-order chi connectivity index (χ0) is 14.9. The van der Waals surface area contributed by atoms with Gasteiger partial charge in [-0.2, -0.15) is 0 Å². The summed E-state index contributed by atoms with van der Waals surface area (Å²) in [5.74, 6) is 2.93. The van der Waals surface area contributed by atoms with E-state index in [1.807, 2.05) is 23.5 Å². The Labute approximate surface area is 133 Å². The molecule has 0 unspecified atom stereocenters. The number of furan rings is 1. The van der Waals surface area contributed by atoms with Crippen molar-refractivity contribution in [1.82, 2.24) is 9.97 Å². The fourth-order valence-electron chi connectivity index (χ4n) is 3.08. The third-order valence-corrected chi connectivity index (χ3v) is 5.36. The van der Waals surface area contributed by atoms with Crippen LogP contribution in [0.1, 0.15) is 35.4 Å². The maximum absolute atomic E-state index is 5.39. The molecule has 3 heterocycles. The Morgan fingerprint density at radius 2 is 2.27 bits per heavy atom. The highest BCUT2D eigenvalue weighted by molar-refractivity contribution is 7.19. The Morgan fingerprint density at radius 3 is 3.09 bits per heavy atom. The molecule has 4 nitrogen and oxygen atoms in total. The number of nitrogens with one attached hydrogen (secondary N) is 1.